The summed E-state index contributed by atoms with van der Waals surface area (Å²) in [5.41, 5.74) is 0. The summed E-state index contributed by atoms with van der Waals surface area (Å²) in [4.78, 5) is 16.6. The second kappa shape index (κ2) is 7.84. The molecule has 0 unspecified atom stereocenters. The lowest BCUT2D eigenvalue weighted by atomic mass is 10.3. The molecule has 1 aliphatic heterocycles. The van der Waals surface area contributed by atoms with Crippen LogP contribution in [0.15, 0.2) is 5.10 Å². The predicted octanol–water partition coefficient (Wildman–Crippen LogP) is 1.59. The van der Waals surface area contributed by atoms with Crippen LogP contribution in [0.3, 0.4) is 0 Å². The van der Waals surface area contributed by atoms with Gasteiger partial charge in [0.05, 0.1) is 6.54 Å². The van der Waals surface area contributed by atoms with Crippen LogP contribution in [0, 0.1) is 0 Å². The van der Waals surface area contributed by atoms with Gasteiger partial charge in [-0.25, -0.2) is 0 Å². The van der Waals surface area contributed by atoms with Gasteiger partial charge in [0.2, 0.25) is 0 Å². The number of carbonyl (C=O) groups excluding carboxylic acids is 1. The van der Waals surface area contributed by atoms with E-state index in [2.05, 4.69) is 14.8 Å². The van der Waals surface area contributed by atoms with Crippen LogP contribution in [0.4, 0.5) is 0 Å². The monoisotopic (exact) mass is 261 g/mol. The number of ketones is 1. The van der Waals surface area contributed by atoms with E-state index >= 15 is 0 Å². The highest BCUT2D eigenvalue weighted by molar-refractivity contribution is 7.98. The van der Waals surface area contributed by atoms with Gasteiger partial charge in [-0.3, -0.25) is 9.63 Å². The molecule has 0 atom stereocenters. The van der Waals surface area contributed by atoms with Crippen molar-refractivity contribution in [3.05, 3.63) is 0 Å². The Balaban J connectivity index is 2.37. The zero-order valence-corrected chi connectivity index (χ0v) is 11.5. The molecule has 16 heavy (non-hydrogen) atoms. The Labute approximate surface area is 106 Å². The van der Waals surface area contributed by atoms with Crippen LogP contribution >= 0.6 is 23.7 Å². The molecule has 0 aliphatic carbocycles. The highest BCUT2D eigenvalue weighted by atomic mass is 32.2. The molecule has 0 spiro atoms. The average Bonchev–Trinajstić information content (AvgIpc) is 2.71. The van der Waals surface area contributed by atoms with Crippen LogP contribution < -0.4 is 4.83 Å². The van der Waals surface area contributed by atoms with Crippen LogP contribution in [-0.4, -0.2) is 47.9 Å². The molecule has 1 aliphatic rings. The average molecular weight is 261 g/mol. The minimum atomic E-state index is 0.313. The van der Waals surface area contributed by atoms with Crippen LogP contribution in [0.25, 0.3) is 0 Å². The molecule has 0 amide bonds. The minimum Gasteiger partial charge on any atom is -0.351 e. The molecule has 1 heterocycles. The quantitative estimate of drug-likeness (QED) is 0.557. The Hall–Kier alpha value is -0.360. The second-order valence-corrected chi connectivity index (χ2v) is 5.21. The lowest BCUT2D eigenvalue weighted by Gasteiger charge is -2.17. The highest BCUT2D eigenvalue weighted by Gasteiger charge is 2.20. The van der Waals surface area contributed by atoms with Crippen LogP contribution in [0.5, 0.6) is 0 Å². The number of thioether (sulfide) groups is 1. The molecule has 0 bridgehead atoms. The molecule has 1 N–H and O–H groups in total. The molecule has 1 fully saturated rings. The van der Waals surface area contributed by atoms with Gasteiger partial charge >= 0.3 is 0 Å². The summed E-state index contributed by atoms with van der Waals surface area (Å²) in [5, 5.41) is 4.25. The topological polar surface area (TPSA) is 44.7 Å². The maximum absolute atomic E-state index is 11.6. The van der Waals surface area contributed by atoms with Crippen molar-refractivity contribution in [3.63, 3.8) is 0 Å². The van der Waals surface area contributed by atoms with Crippen molar-refractivity contribution < 1.29 is 4.79 Å². The van der Waals surface area contributed by atoms with Crippen molar-refractivity contribution in [1.82, 2.24) is 9.73 Å². The SMILES string of the molecule is CSCCC(=O)CN1CCCC1=NNSC. The van der Waals surface area contributed by atoms with Gasteiger partial charge in [-0.15, -0.1) is 0 Å². The predicted molar refractivity (Wildman–Crippen MR) is 72.9 cm³/mol. The van der Waals surface area contributed by atoms with Crippen LogP contribution in [-0.2, 0) is 4.79 Å². The summed E-state index contributed by atoms with van der Waals surface area (Å²) >= 11 is 3.19. The number of nitrogens with one attached hydrogen (secondary N) is 1. The smallest absolute Gasteiger partial charge is 0.152 e. The van der Waals surface area contributed by atoms with E-state index in [0.717, 1.165) is 31.0 Å². The van der Waals surface area contributed by atoms with E-state index in [-0.39, 0.29) is 0 Å². The maximum atomic E-state index is 11.6. The number of Topliss-reactive ketones (excluding diaryl/α,β-unsaturated/α-hetero) is 1. The van der Waals surface area contributed by atoms with E-state index in [4.69, 9.17) is 0 Å². The standard InChI is InChI=1S/C10H19N3OS2/c1-15-7-5-9(14)8-13-6-3-4-10(13)11-12-16-2/h12H,3-8H2,1-2H3. The van der Waals surface area contributed by atoms with E-state index in [0.29, 0.717) is 18.7 Å². The third-order valence-electron chi connectivity index (χ3n) is 2.41. The Morgan fingerprint density at radius 3 is 3.06 bits per heavy atom. The largest absolute Gasteiger partial charge is 0.351 e. The molecule has 0 aromatic heterocycles. The molecule has 4 nitrogen and oxygen atoms in total. The van der Waals surface area contributed by atoms with Gasteiger partial charge in [0.25, 0.3) is 0 Å². The van der Waals surface area contributed by atoms with Crippen molar-refractivity contribution in [1.29, 1.82) is 0 Å². The fraction of sp³-hybridized carbons (Fsp3) is 0.800. The Bertz CT molecular complexity index is 258. The van der Waals surface area contributed by atoms with Crippen molar-refractivity contribution in [2.24, 2.45) is 5.10 Å². The number of hydrogen-bond acceptors (Lipinski definition) is 5. The van der Waals surface area contributed by atoms with E-state index < -0.39 is 0 Å². The fourth-order valence-electron chi connectivity index (χ4n) is 1.62. The van der Waals surface area contributed by atoms with Crippen LogP contribution in [0.1, 0.15) is 19.3 Å². The number of hydrazone groups is 1. The number of likely N-dealkylation sites (tertiary alicyclic amines) is 1. The summed E-state index contributed by atoms with van der Waals surface area (Å²) in [6.07, 6.45) is 6.71. The van der Waals surface area contributed by atoms with Crippen molar-refractivity contribution in [2.45, 2.75) is 19.3 Å². The number of carbonyl (C=O) groups is 1. The lowest BCUT2D eigenvalue weighted by molar-refractivity contribution is -0.118. The Morgan fingerprint density at radius 1 is 1.56 bits per heavy atom. The van der Waals surface area contributed by atoms with Gasteiger partial charge < -0.3 is 4.90 Å². The van der Waals surface area contributed by atoms with Gasteiger partial charge in [-0.05, 0) is 30.4 Å². The van der Waals surface area contributed by atoms with Crippen LogP contribution in [0.2, 0.25) is 0 Å². The third-order valence-corrected chi connectivity index (χ3v) is 3.30. The molecule has 1 saturated heterocycles. The first kappa shape index (κ1) is 13.7. The third kappa shape index (κ3) is 4.65. The van der Waals surface area contributed by atoms with Crippen molar-refractivity contribution in [2.75, 3.05) is 31.4 Å². The Kier molecular flexibility index (Phi) is 6.71. The molecular formula is C10H19N3OS2. The molecule has 92 valence electrons. The minimum absolute atomic E-state index is 0.313. The first-order valence-corrected chi connectivity index (χ1v) is 8.00. The number of nitrogens with zero attached hydrogens (tertiary/aromatic N) is 2. The van der Waals surface area contributed by atoms with E-state index in [1.165, 1.54) is 11.9 Å². The fourth-order valence-corrected chi connectivity index (χ4v) is 2.25. The van der Waals surface area contributed by atoms with Gasteiger partial charge in [0, 0.05) is 25.6 Å². The molecule has 6 heteroatoms. The lowest BCUT2D eigenvalue weighted by Crippen LogP contribution is -2.31. The number of rotatable bonds is 7. The molecule has 1 rings (SSSR count). The van der Waals surface area contributed by atoms with E-state index in [1.807, 2.05) is 12.5 Å². The first-order valence-electron chi connectivity index (χ1n) is 5.38. The molecule has 0 aromatic carbocycles. The van der Waals surface area contributed by atoms with Gasteiger partial charge in [-0.1, -0.05) is 0 Å². The van der Waals surface area contributed by atoms with E-state index in [9.17, 15) is 4.79 Å². The zero-order valence-electron chi connectivity index (χ0n) is 9.86. The molecule has 0 saturated carbocycles. The highest BCUT2D eigenvalue weighted by Crippen LogP contribution is 2.12. The number of amidine groups is 1. The first-order chi connectivity index (χ1) is 7.77. The number of hydrogen-bond donors (Lipinski definition) is 1. The Morgan fingerprint density at radius 2 is 2.38 bits per heavy atom. The maximum Gasteiger partial charge on any atom is 0.152 e. The van der Waals surface area contributed by atoms with Gasteiger partial charge in [-0.2, -0.15) is 16.9 Å². The van der Waals surface area contributed by atoms with Crippen molar-refractivity contribution >= 4 is 35.3 Å². The van der Waals surface area contributed by atoms with Gasteiger partial charge in [0.1, 0.15) is 5.84 Å². The molecular weight excluding hydrogens is 242 g/mol. The summed E-state index contributed by atoms with van der Waals surface area (Å²) in [6.45, 7) is 1.48. The van der Waals surface area contributed by atoms with Gasteiger partial charge in [0.15, 0.2) is 5.78 Å². The van der Waals surface area contributed by atoms with E-state index in [1.54, 1.807) is 11.8 Å². The summed E-state index contributed by atoms with van der Waals surface area (Å²) in [5.74, 6) is 2.25. The summed E-state index contributed by atoms with van der Waals surface area (Å²) in [6, 6.07) is 0. The second-order valence-electron chi connectivity index (χ2n) is 3.63. The molecule has 0 radical (unpaired) electrons. The molecule has 0 aromatic rings. The summed E-state index contributed by atoms with van der Waals surface area (Å²) < 4.78 is 0. The summed E-state index contributed by atoms with van der Waals surface area (Å²) in [7, 11) is 0. The normalized spacial score (nSPS) is 18.1. The zero-order chi connectivity index (χ0) is 11.8. The van der Waals surface area contributed by atoms with Crippen molar-refractivity contribution in [3.8, 4) is 0 Å².